The molecule has 108 valence electrons. The summed E-state index contributed by atoms with van der Waals surface area (Å²) in [5.41, 5.74) is 3.13. The van der Waals surface area contributed by atoms with Crippen molar-refractivity contribution in [3.63, 3.8) is 0 Å². The van der Waals surface area contributed by atoms with Crippen LogP contribution in [-0.4, -0.2) is 20.6 Å². The highest BCUT2D eigenvalue weighted by molar-refractivity contribution is 6.11. The third-order valence-electron chi connectivity index (χ3n) is 3.93. The number of nitrogens with zero attached hydrogens (tertiary/aromatic N) is 1. The van der Waals surface area contributed by atoms with E-state index in [0.29, 0.717) is 28.1 Å². The summed E-state index contributed by atoms with van der Waals surface area (Å²) >= 11 is 0. The molecule has 0 bridgehead atoms. The van der Waals surface area contributed by atoms with Crippen molar-refractivity contribution in [3.8, 4) is 28.3 Å². The minimum Gasteiger partial charge on any atom is -0.507 e. The van der Waals surface area contributed by atoms with E-state index in [4.69, 9.17) is 0 Å². The van der Waals surface area contributed by atoms with Crippen LogP contribution >= 0.6 is 0 Å². The smallest absolute Gasteiger partial charge is 0.333 e. The summed E-state index contributed by atoms with van der Waals surface area (Å²) in [6.07, 6.45) is 0. The molecule has 0 radical (unpaired) electrons. The molecular weight excluding hydrogens is 280 g/mol. The molecule has 3 aromatic rings. The predicted octanol–water partition coefficient (Wildman–Crippen LogP) is 2.53. The molecule has 1 aliphatic rings. The zero-order valence-electron chi connectivity index (χ0n) is 11.8. The lowest BCUT2D eigenvalue weighted by Gasteiger charge is -2.06. The van der Waals surface area contributed by atoms with Crippen molar-refractivity contribution >= 4 is 5.91 Å². The van der Waals surface area contributed by atoms with E-state index >= 15 is 0 Å². The Hall–Kier alpha value is -3.08. The Kier molecular flexibility index (Phi) is 2.42. The summed E-state index contributed by atoms with van der Waals surface area (Å²) in [5.74, 6) is -0.280. The zero-order chi connectivity index (χ0) is 15.4. The van der Waals surface area contributed by atoms with E-state index in [2.05, 4.69) is 4.98 Å². The van der Waals surface area contributed by atoms with Gasteiger partial charge >= 0.3 is 5.69 Å². The number of hydrogen-bond acceptors (Lipinski definition) is 3. The first-order valence-electron chi connectivity index (χ1n) is 6.87. The standard InChI is InChI=1S/C17H12N2O3/c1-9-6-7-13(20)12(8-9)14-15-10-4-2-3-5-11(10)16(21)19(15)17(22)18-14/h2-8,20H,1H3,(H,18,22). The average Bonchev–Trinajstić information content (AvgIpc) is 3.00. The molecule has 2 N–H and O–H groups in total. The Morgan fingerprint density at radius 3 is 2.50 bits per heavy atom. The number of imidazole rings is 1. The number of rotatable bonds is 1. The zero-order valence-corrected chi connectivity index (χ0v) is 11.8. The molecule has 0 saturated carbocycles. The van der Waals surface area contributed by atoms with Crippen LogP contribution in [0.25, 0.3) is 22.5 Å². The number of aromatic amines is 1. The minimum atomic E-state index is -0.493. The second kappa shape index (κ2) is 4.21. The lowest BCUT2D eigenvalue weighted by molar-refractivity contribution is 0.0965. The van der Waals surface area contributed by atoms with E-state index in [1.54, 1.807) is 36.4 Å². The number of aromatic nitrogens is 2. The lowest BCUT2D eigenvalue weighted by atomic mass is 10.0. The van der Waals surface area contributed by atoms with Gasteiger partial charge in [0.1, 0.15) is 5.75 Å². The molecule has 0 saturated heterocycles. The van der Waals surface area contributed by atoms with Gasteiger partial charge in [0.15, 0.2) is 0 Å². The van der Waals surface area contributed by atoms with Gasteiger partial charge in [-0.15, -0.1) is 0 Å². The number of carbonyl (C=O) groups excluding carboxylic acids is 1. The summed E-state index contributed by atoms with van der Waals surface area (Å²) in [7, 11) is 0. The molecule has 0 aliphatic carbocycles. The van der Waals surface area contributed by atoms with Crippen LogP contribution in [0.4, 0.5) is 0 Å². The molecule has 5 heteroatoms. The second-order valence-corrected chi connectivity index (χ2v) is 5.36. The van der Waals surface area contributed by atoms with Crippen molar-refractivity contribution in [1.82, 2.24) is 9.55 Å². The highest BCUT2D eigenvalue weighted by atomic mass is 16.3. The number of benzene rings is 2. The molecule has 1 aliphatic heterocycles. The number of phenolic OH excluding ortho intramolecular Hbond substituents is 1. The maximum Gasteiger partial charge on any atom is 0.333 e. The summed E-state index contributed by atoms with van der Waals surface area (Å²) in [6.45, 7) is 1.90. The fourth-order valence-corrected chi connectivity index (χ4v) is 2.93. The van der Waals surface area contributed by atoms with Crippen LogP contribution in [0.3, 0.4) is 0 Å². The second-order valence-electron chi connectivity index (χ2n) is 5.36. The summed E-state index contributed by atoms with van der Waals surface area (Å²) in [6, 6.07) is 12.2. The normalized spacial score (nSPS) is 12.3. The Morgan fingerprint density at radius 1 is 1.00 bits per heavy atom. The molecule has 0 amide bonds. The molecular formula is C17H12N2O3. The monoisotopic (exact) mass is 292 g/mol. The molecule has 22 heavy (non-hydrogen) atoms. The largest absolute Gasteiger partial charge is 0.507 e. The van der Waals surface area contributed by atoms with E-state index in [9.17, 15) is 14.7 Å². The van der Waals surface area contributed by atoms with Crippen LogP contribution in [0.1, 0.15) is 15.9 Å². The van der Waals surface area contributed by atoms with Crippen LogP contribution in [-0.2, 0) is 0 Å². The highest BCUT2D eigenvalue weighted by Crippen LogP contribution is 2.39. The molecule has 5 nitrogen and oxygen atoms in total. The fourth-order valence-electron chi connectivity index (χ4n) is 2.93. The molecule has 4 rings (SSSR count). The number of phenols is 1. The predicted molar refractivity (Wildman–Crippen MR) is 82.1 cm³/mol. The number of H-pyrrole nitrogens is 1. The van der Waals surface area contributed by atoms with Gasteiger partial charge in [-0.2, -0.15) is 0 Å². The van der Waals surface area contributed by atoms with Crippen molar-refractivity contribution in [2.75, 3.05) is 0 Å². The van der Waals surface area contributed by atoms with Gasteiger partial charge in [0.25, 0.3) is 5.91 Å². The van der Waals surface area contributed by atoms with Gasteiger partial charge in [-0.25, -0.2) is 9.36 Å². The number of fused-ring (bicyclic) bond motifs is 3. The van der Waals surface area contributed by atoms with Gasteiger partial charge in [0, 0.05) is 16.7 Å². The molecule has 1 aromatic heterocycles. The number of hydrogen-bond donors (Lipinski definition) is 2. The van der Waals surface area contributed by atoms with Gasteiger partial charge in [-0.1, -0.05) is 29.8 Å². The van der Waals surface area contributed by atoms with Gasteiger partial charge in [0.05, 0.1) is 11.4 Å². The van der Waals surface area contributed by atoms with Crippen LogP contribution in [0.5, 0.6) is 5.75 Å². The lowest BCUT2D eigenvalue weighted by Crippen LogP contribution is -2.21. The maximum absolute atomic E-state index is 12.4. The first kappa shape index (κ1) is 12.6. The van der Waals surface area contributed by atoms with Crippen molar-refractivity contribution < 1.29 is 9.90 Å². The third kappa shape index (κ3) is 1.53. The molecule has 0 fully saturated rings. The number of carbonyl (C=O) groups is 1. The van der Waals surface area contributed by atoms with Crippen molar-refractivity contribution in [3.05, 3.63) is 64.1 Å². The van der Waals surface area contributed by atoms with Crippen LogP contribution in [0, 0.1) is 6.92 Å². The maximum atomic E-state index is 12.4. The fraction of sp³-hybridized carbons (Fsp3) is 0.0588. The van der Waals surface area contributed by atoms with Gasteiger partial charge in [0.2, 0.25) is 0 Å². The quantitative estimate of drug-likeness (QED) is 0.566. The van der Waals surface area contributed by atoms with Crippen LogP contribution in [0.2, 0.25) is 0 Å². The van der Waals surface area contributed by atoms with Crippen molar-refractivity contribution in [1.29, 1.82) is 0 Å². The highest BCUT2D eigenvalue weighted by Gasteiger charge is 2.32. The van der Waals surface area contributed by atoms with Gasteiger partial charge in [-0.3, -0.25) is 4.79 Å². The first-order chi connectivity index (χ1) is 10.6. The summed E-state index contributed by atoms with van der Waals surface area (Å²) in [4.78, 5) is 27.3. The van der Waals surface area contributed by atoms with Gasteiger partial charge < -0.3 is 10.1 Å². The number of aryl methyl sites for hydroxylation is 1. The SMILES string of the molecule is Cc1ccc(O)c(-c2[nH]c(=O)n3c2-c2ccccc2C3=O)c1. The summed E-state index contributed by atoms with van der Waals surface area (Å²) in [5, 5.41) is 10.1. The number of nitrogens with one attached hydrogen (secondary N) is 1. The average molecular weight is 292 g/mol. The Bertz CT molecular complexity index is 995. The van der Waals surface area contributed by atoms with E-state index < -0.39 is 5.69 Å². The van der Waals surface area contributed by atoms with E-state index in [1.807, 2.05) is 13.0 Å². The third-order valence-corrected chi connectivity index (χ3v) is 3.93. The van der Waals surface area contributed by atoms with E-state index in [0.717, 1.165) is 10.1 Å². The molecule has 0 unspecified atom stereocenters. The molecule has 0 spiro atoms. The van der Waals surface area contributed by atoms with Crippen LogP contribution < -0.4 is 5.69 Å². The Balaban J connectivity index is 2.10. The van der Waals surface area contributed by atoms with E-state index in [-0.39, 0.29) is 11.7 Å². The number of aromatic hydroxyl groups is 1. The minimum absolute atomic E-state index is 0.0621. The van der Waals surface area contributed by atoms with Crippen molar-refractivity contribution in [2.24, 2.45) is 0 Å². The van der Waals surface area contributed by atoms with Crippen molar-refractivity contribution in [2.45, 2.75) is 6.92 Å². The topological polar surface area (TPSA) is 75.1 Å². The van der Waals surface area contributed by atoms with E-state index in [1.165, 1.54) is 0 Å². The molecule has 2 aromatic carbocycles. The van der Waals surface area contributed by atoms with Gasteiger partial charge in [-0.05, 0) is 25.1 Å². The van der Waals surface area contributed by atoms with Crippen LogP contribution in [0.15, 0.2) is 47.3 Å². The first-order valence-corrected chi connectivity index (χ1v) is 6.87. The Labute approximate surface area is 125 Å². The molecule has 0 atom stereocenters. The Morgan fingerprint density at radius 2 is 1.73 bits per heavy atom. The summed E-state index contributed by atoms with van der Waals surface area (Å²) < 4.78 is 1.13. The molecule has 2 heterocycles.